The number of ether oxygens (including phenoxy) is 3. The summed E-state index contributed by atoms with van der Waals surface area (Å²) in [7, 11) is 0. The molecule has 2 aliphatic rings. The third-order valence-electron chi connectivity index (χ3n) is 5.29. The number of amidine groups is 1. The van der Waals surface area contributed by atoms with E-state index in [-0.39, 0.29) is 29.3 Å². The van der Waals surface area contributed by atoms with Crippen LogP contribution in [-0.2, 0) is 0 Å². The summed E-state index contributed by atoms with van der Waals surface area (Å²) >= 11 is 0. The van der Waals surface area contributed by atoms with E-state index in [4.69, 9.17) is 19.2 Å². The molecule has 2 aliphatic heterocycles. The maximum atomic E-state index is 13.2. The number of carbonyl (C=O) groups excluding carboxylic acids is 1. The highest BCUT2D eigenvalue weighted by Gasteiger charge is 2.21. The minimum Gasteiger partial charge on any atom is -0.494 e. The van der Waals surface area contributed by atoms with Gasteiger partial charge in [-0.2, -0.15) is 0 Å². The number of nitrogens with zero attached hydrogens (tertiary/aromatic N) is 2. The number of hydrogen-bond donors (Lipinski definition) is 0. The van der Waals surface area contributed by atoms with Crippen molar-refractivity contribution in [2.75, 3.05) is 37.8 Å². The van der Waals surface area contributed by atoms with Crippen molar-refractivity contribution >= 4 is 34.3 Å². The van der Waals surface area contributed by atoms with Crippen LogP contribution in [0, 0.1) is 0 Å². The van der Waals surface area contributed by atoms with Crippen molar-refractivity contribution in [3.8, 4) is 17.2 Å². The van der Waals surface area contributed by atoms with Crippen LogP contribution in [0.1, 0.15) is 43.0 Å². The zero-order chi connectivity index (χ0) is 20.8. The number of anilines is 1. The molecule has 0 aliphatic carbocycles. The lowest BCUT2D eigenvalue weighted by Gasteiger charge is -2.26. The van der Waals surface area contributed by atoms with Gasteiger partial charge in [0.15, 0.2) is 17.3 Å². The molecule has 0 unspecified atom stereocenters. The molecule has 0 amide bonds. The summed E-state index contributed by atoms with van der Waals surface area (Å²) in [6.45, 7) is 4.66. The molecule has 2 aromatic carbocycles. The Kier molecular flexibility index (Phi) is 8.35. The molecule has 31 heavy (non-hydrogen) atoms. The number of hydrogen-bond acceptors (Lipinski definition) is 6. The van der Waals surface area contributed by atoms with E-state index in [1.807, 2.05) is 42.2 Å². The fourth-order valence-corrected chi connectivity index (χ4v) is 3.75. The van der Waals surface area contributed by atoms with Crippen molar-refractivity contribution in [3.05, 3.63) is 48.0 Å². The summed E-state index contributed by atoms with van der Waals surface area (Å²) in [6, 6.07) is 13.3. The number of ketones is 1. The zero-order valence-corrected chi connectivity index (χ0v) is 19.6. The first-order valence-electron chi connectivity index (χ1n) is 10.7. The molecule has 2 heterocycles. The molecule has 6 nitrogen and oxygen atoms in total. The Labute approximate surface area is 194 Å². The fourth-order valence-electron chi connectivity index (χ4n) is 3.75. The Morgan fingerprint density at radius 3 is 2.58 bits per heavy atom. The smallest absolute Gasteiger partial charge is 0.182 e. The van der Waals surface area contributed by atoms with Crippen LogP contribution in [0.15, 0.2) is 47.5 Å². The van der Waals surface area contributed by atoms with E-state index in [1.165, 1.54) is 6.42 Å². The van der Waals surface area contributed by atoms with Crippen LogP contribution in [0.2, 0.25) is 0 Å². The normalized spacial score (nSPS) is 15.2. The van der Waals surface area contributed by atoms with Crippen molar-refractivity contribution in [1.29, 1.82) is 0 Å². The van der Waals surface area contributed by atoms with Crippen molar-refractivity contribution < 1.29 is 19.0 Å². The first-order valence-corrected chi connectivity index (χ1v) is 10.7. The Morgan fingerprint density at radius 2 is 1.81 bits per heavy atom. The summed E-state index contributed by atoms with van der Waals surface area (Å²) < 4.78 is 16.8. The Bertz CT molecular complexity index is 914. The number of halogens is 1. The average Bonchev–Trinajstić information content (AvgIpc) is 3.07. The highest BCUT2D eigenvalue weighted by Crippen LogP contribution is 2.31. The summed E-state index contributed by atoms with van der Waals surface area (Å²) in [5.41, 5.74) is 1.56. The lowest BCUT2D eigenvalue weighted by atomic mass is 10.1. The van der Waals surface area contributed by atoms with Crippen LogP contribution < -0.4 is 19.1 Å². The molecule has 0 saturated carbocycles. The number of carbonyl (C=O) groups is 1. The number of aliphatic imine (C=N–C) groups is 1. The number of rotatable bonds is 6. The van der Waals surface area contributed by atoms with Gasteiger partial charge in [0.25, 0.3) is 0 Å². The lowest BCUT2D eigenvalue weighted by molar-refractivity contribution is 0.100. The van der Waals surface area contributed by atoms with Gasteiger partial charge in [0.05, 0.1) is 13.2 Å². The molecule has 0 fully saturated rings. The van der Waals surface area contributed by atoms with E-state index in [2.05, 4.69) is 0 Å². The van der Waals surface area contributed by atoms with Crippen LogP contribution in [0.4, 0.5) is 5.69 Å². The van der Waals surface area contributed by atoms with Gasteiger partial charge in [-0.25, -0.2) is 0 Å². The second-order valence-corrected chi connectivity index (χ2v) is 7.40. The van der Waals surface area contributed by atoms with Crippen LogP contribution in [0.25, 0.3) is 0 Å². The van der Waals surface area contributed by atoms with Gasteiger partial charge in [-0.05, 0) is 62.2 Å². The van der Waals surface area contributed by atoms with E-state index in [1.54, 1.807) is 12.1 Å². The summed E-state index contributed by atoms with van der Waals surface area (Å²) in [4.78, 5) is 20.0. The van der Waals surface area contributed by atoms with Gasteiger partial charge in [0.1, 0.15) is 24.8 Å². The zero-order valence-electron chi connectivity index (χ0n) is 17.8. The molecule has 0 atom stereocenters. The van der Waals surface area contributed by atoms with Crippen LogP contribution in [0.3, 0.4) is 0 Å². The van der Waals surface area contributed by atoms with E-state index in [0.29, 0.717) is 36.9 Å². The molecule has 7 heteroatoms. The van der Waals surface area contributed by atoms with E-state index >= 15 is 0 Å². The van der Waals surface area contributed by atoms with E-state index in [0.717, 1.165) is 43.1 Å². The first kappa shape index (κ1) is 23.1. The summed E-state index contributed by atoms with van der Waals surface area (Å²) in [6.07, 6.45) is 4.23. The molecule has 0 spiro atoms. The van der Waals surface area contributed by atoms with Crippen LogP contribution >= 0.6 is 17.0 Å². The fraction of sp³-hybridized carbons (Fsp3) is 0.417. The Balaban J connectivity index is 0.00000272. The monoisotopic (exact) mass is 488 g/mol. The SMILES string of the molecule is Br.CCOc1ccc(N(CC(=O)c2ccc3c(c2)OCCO3)C2=NCCCCC2)cc1. The molecular formula is C24H29BrN2O4. The molecule has 166 valence electrons. The quantitative estimate of drug-likeness (QED) is 0.529. The van der Waals surface area contributed by atoms with Gasteiger partial charge in [0, 0.05) is 24.2 Å². The maximum Gasteiger partial charge on any atom is 0.182 e. The minimum absolute atomic E-state index is 0. The van der Waals surface area contributed by atoms with Gasteiger partial charge in [-0.1, -0.05) is 6.42 Å². The highest BCUT2D eigenvalue weighted by atomic mass is 79.9. The van der Waals surface area contributed by atoms with Gasteiger partial charge < -0.3 is 19.1 Å². The molecule has 0 radical (unpaired) electrons. The first-order chi connectivity index (χ1) is 14.7. The van der Waals surface area contributed by atoms with E-state index < -0.39 is 0 Å². The molecule has 0 saturated heterocycles. The molecule has 2 aromatic rings. The van der Waals surface area contributed by atoms with Gasteiger partial charge in [-0.3, -0.25) is 9.79 Å². The van der Waals surface area contributed by atoms with E-state index in [9.17, 15) is 4.79 Å². The summed E-state index contributed by atoms with van der Waals surface area (Å²) in [5.74, 6) is 3.14. The third-order valence-corrected chi connectivity index (χ3v) is 5.29. The van der Waals surface area contributed by atoms with Crippen molar-refractivity contribution in [3.63, 3.8) is 0 Å². The number of Topliss-reactive ketones (excluding diaryl/α,β-unsaturated/α-hetero) is 1. The topological polar surface area (TPSA) is 60.4 Å². The van der Waals surface area contributed by atoms with Gasteiger partial charge in [0.2, 0.25) is 0 Å². The molecule has 0 aromatic heterocycles. The van der Waals surface area contributed by atoms with Gasteiger partial charge >= 0.3 is 0 Å². The second-order valence-electron chi connectivity index (χ2n) is 7.40. The minimum atomic E-state index is 0. The third kappa shape index (κ3) is 5.79. The van der Waals surface area contributed by atoms with Crippen molar-refractivity contribution in [2.24, 2.45) is 4.99 Å². The summed E-state index contributed by atoms with van der Waals surface area (Å²) in [5, 5.41) is 0. The maximum absolute atomic E-state index is 13.2. The Morgan fingerprint density at radius 1 is 1.03 bits per heavy atom. The van der Waals surface area contributed by atoms with Crippen molar-refractivity contribution in [2.45, 2.75) is 32.6 Å². The molecule has 4 rings (SSSR count). The predicted octanol–water partition coefficient (Wildman–Crippen LogP) is 5.10. The predicted molar refractivity (Wildman–Crippen MR) is 128 cm³/mol. The lowest BCUT2D eigenvalue weighted by Crippen LogP contribution is -2.36. The second kappa shape index (κ2) is 11.2. The number of fused-ring (bicyclic) bond motifs is 1. The van der Waals surface area contributed by atoms with Crippen LogP contribution in [-0.4, -0.2) is 44.5 Å². The standard InChI is InChI=1S/C24H28N2O4.BrH/c1-2-28-20-10-8-19(9-11-20)26(24-6-4-3-5-13-25-24)17-21(27)18-7-12-22-23(16-18)30-15-14-29-22;/h7-12,16H,2-6,13-15,17H2,1H3;1H. The van der Waals surface area contributed by atoms with Crippen molar-refractivity contribution in [1.82, 2.24) is 0 Å². The number of benzene rings is 2. The highest BCUT2D eigenvalue weighted by molar-refractivity contribution is 8.93. The molecule has 0 bridgehead atoms. The van der Waals surface area contributed by atoms with Crippen LogP contribution in [0.5, 0.6) is 17.2 Å². The largest absolute Gasteiger partial charge is 0.494 e. The molecule has 0 N–H and O–H groups in total. The molecular weight excluding hydrogens is 460 g/mol. The van der Waals surface area contributed by atoms with Gasteiger partial charge in [-0.15, -0.1) is 17.0 Å². The Hall–Kier alpha value is -2.54. The average molecular weight is 489 g/mol.